The monoisotopic (exact) mass is 245 g/mol. The Morgan fingerprint density at radius 2 is 2.06 bits per heavy atom. The van der Waals surface area contributed by atoms with E-state index in [-0.39, 0.29) is 5.41 Å². The van der Waals surface area contributed by atoms with E-state index in [2.05, 4.69) is 52.3 Å². The Balaban J connectivity index is 1.87. The average molecular weight is 245 g/mol. The second-order valence-electron chi connectivity index (χ2n) is 5.29. The van der Waals surface area contributed by atoms with Crippen LogP contribution in [-0.2, 0) is 11.8 Å². The number of rotatable bonds is 4. The molecule has 2 aromatic rings. The van der Waals surface area contributed by atoms with Gasteiger partial charge in [-0.3, -0.25) is 5.10 Å². The fraction of sp³-hybridized carbons (Fsp3) is 0.462. The molecule has 2 aromatic heterocycles. The van der Waals surface area contributed by atoms with Crippen molar-refractivity contribution in [1.29, 1.82) is 0 Å². The molecular weight excluding hydrogens is 226 g/mol. The summed E-state index contributed by atoms with van der Waals surface area (Å²) >= 11 is 0. The predicted molar refractivity (Wildman–Crippen MR) is 71.5 cm³/mol. The number of nitrogens with one attached hydrogen (secondary N) is 2. The van der Waals surface area contributed by atoms with Crippen LogP contribution < -0.4 is 5.32 Å². The fourth-order valence-corrected chi connectivity index (χ4v) is 1.60. The van der Waals surface area contributed by atoms with Gasteiger partial charge in [-0.15, -0.1) is 0 Å². The molecule has 0 aromatic carbocycles. The minimum absolute atomic E-state index is 0.144. The zero-order valence-corrected chi connectivity index (χ0v) is 11.1. The van der Waals surface area contributed by atoms with Crippen molar-refractivity contribution in [1.82, 2.24) is 20.2 Å². The van der Waals surface area contributed by atoms with E-state index >= 15 is 0 Å². The number of nitrogens with zero attached hydrogens (tertiary/aromatic N) is 3. The summed E-state index contributed by atoms with van der Waals surface area (Å²) in [6.07, 6.45) is 4.26. The molecule has 0 bridgehead atoms. The number of pyridine rings is 1. The van der Waals surface area contributed by atoms with Crippen LogP contribution >= 0.6 is 0 Å². The summed E-state index contributed by atoms with van der Waals surface area (Å²) in [5.74, 6) is 1.77. The minimum Gasteiger partial charge on any atom is -0.370 e. The SMILES string of the molecule is CC(C)(C)c1ccc(NCCc2ncn[nH]2)nc1. The van der Waals surface area contributed by atoms with E-state index in [1.807, 2.05) is 12.3 Å². The van der Waals surface area contributed by atoms with E-state index in [9.17, 15) is 0 Å². The molecule has 0 radical (unpaired) electrons. The van der Waals surface area contributed by atoms with Crippen LogP contribution in [0.15, 0.2) is 24.7 Å². The summed E-state index contributed by atoms with van der Waals surface area (Å²) in [5.41, 5.74) is 1.38. The van der Waals surface area contributed by atoms with Crippen molar-refractivity contribution in [2.45, 2.75) is 32.6 Å². The molecule has 0 saturated carbocycles. The maximum Gasteiger partial charge on any atom is 0.137 e. The van der Waals surface area contributed by atoms with Gasteiger partial charge in [-0.25, -0.2) is 9.97 Å². The molecule has 2 N–H and O–H groups in total. The lowest BCUT2D eigenvalue weighted by atomic mass is 9.88. The van der Waals surface area contributed by atoms with E-state index < -0.39 is 0 Å². The van der Waals surface area contributed by atoms with Gasteiger partial charge in [-0.2, -0.15) is 5.10 Å². The predicted octanol–water partition coefficient (Wildman–Crippen LogP) is 2.15. The zero-order chi connectivity index (χ0) is 13.0. The van der Waals surface area contributed by atoms with Gasteiger partial charge in [0, 0.05) is 19.2 Å². The standard InChI is InChI=1S/C13H19N5/c1-13(2,3)10-4-5-11(15-8-10)14-7-6-12-16-9-17-18-12/h4-5,8-9H,6-7H2,1-3H3,(H,14,15)(H,16,17,18). The Labute approximate surface area is 107 Å². The first kappa shape index (κ1) is 12.5. The molecule has 0 atom stereocenters. The molecule has 18 heavy (non-hydrogen) atoms. The van der Waals surface area contributed by atoms with Gasteiger partial charge in [0.05, 0.1) is 0 Å². The third kappa shape index (κ3) is 3.29. The topological polar surface area (TPSA) is 66.5 Å². The van der Waals surface area contributed by atoms with Crippen molar-refractivity contribution < 1.29 is 0 Å². The molecule has 96 valence electrons. The van der Waals surface area contributed by atoms with Crippen LogP contribution in [0.25, 0.3) is 0 Å². The fourth-order valence-electron chi connectivity index (χ4n) is 1.60. The van der Waals surface area contributed by atoms with E-state index in [0.29, 0.717) is 0 Å². The number of aromatic amines is 1. The van der Waals surface area contributed by atoms with Gasteiger partial charge in [-0.05, 0) is 17.0 Å². The molecule has 0 fully saturated rings. The van der Waals surface area contributed by atoms with Crippen molar-refractivity contribution in [3.8, 4) is 0 Å². The number of aromatic nitrogens is 4. The van der Waals surface area contributed by atoms with Crippen LogP contribution in [0.5, 0.6) is 0 Å². The molecule has 0 saturated heterocycles. The van der Waals surface area contributed by atoms with Crippen molar-refractivity contribution in [2.24, 2.45) is 0 Å². The molecular formula is C13H19N5. The molecule has 2 rings (SSSR count). The molecule has 5 nitrogen and oxygen atoms in total. The molecule has 2 heterocycles. The quantitative estimate of drug-likeness (QED) is 0.866. The van der Waals surface area contributed by atoms with Crippen LogP contribution in [0.3, 0.4) is 0 Å². The lowest BCUT2D eigenvalue weighted by Gasteiger charge is -2.18. The number of hydrogen-bond donors (Lipinski definition) is 2. The molecule has 0 spiro atoms. The summed E-state index contributed by atoms with van der Waals surface area (Å²) in [7, 11) is 0. The largest absolute Gasteiger partial charge is 0.370 e. The first-order valence-electron chi connectivity index (χ1n) is 6.10. The van der Waals surface area contributed by atoms with Crippen molar-refractivity contribution >= 4 is 5.82 Å². The molecule has 0 amide bonds. The molecule has 5 heteroatoms. The highest BCUT2D eigenvalue weighted by Crippen LogP contribution is 2.21. The first-order chi connectivity index (χ1) is 8.55. The maximum atomic E-state index is 4.41. The van der Waals surface area contributed by atoms with Gasteiger partial charge in [0.2, 0.25) is 0 Å². The third-order valence-electron chi connectivity index (χ3n) is 2.76. The third-order valence-corrected chi connectivity index (χ3v) is 2.76. The Morgan fingerprint density at radius 3 is 2.61 bits per heavy atom. The molecule has 0 aliphatic rings. The van der Waals surface area contributed by atoms with Crippen LogP contribution in [0.4, 0.5) is 5.82 Å². The summed E-state index contributed by atoms with van der Waals surface area (Å²) in [6.45, 7) is 7.33. The van der Waals surface area contributed by atoms with E-state index in [4.69, 9.17) is 0 Å². The Bertz CT molecular complexity index is 467. The van der Waals surface area contributed by atoms with Gasteiger partial charge >= 0.3 is 0 Å². The Kier molecular flexibility index (Phi) is 3.60. The summed E-state index contributed by atoms with van der Waals surface area (Å²) in [4.78, 5) is 8.47. The average Bonchev–Trinajstić information content (AvgIpc) is 2.82. The number of hydrogen-bond acceptors (Lipinski definition) is 4. The lowest BCUT2D eigenvalue weighted by Crippen LogP contribution is -2.12. The summed E-state index contributed by atoms with van der Waals surface area (Å²) in [5, 5.41) is 9.90. The lowest BCUT2D eigenvalue weighted by molar-refractivity contribution is 0.587. The van der Waals surface area contributed by atoms with Gasteiger partial charge in [0.15, 0.2) is 0 Å². The Morgan fingerprint density at radius 1 is 1.22 bits per heavy atom. The van der Waals surface area contributed by atoms with Crippen LogP contribution in [0, 0.1) is 0 Å². The summed E-state index contributed by atoms with van der Waals surface area (Å²) in [6, 6.07) is 4.13. The highest BCUT2D eigenvalue weighted by molar-refractivity contribution is 5.37. The van der Waals surface area contributed by atoms with E-state index in [0.717, 1.165) is 24.6 Å². The van der Waals surface area contributed by atoms with Crippen LogP contribution in [0.1, 0.15) is 32.2 Å². The Hall–Kier alpha value is -1.91. The molecule has 0 aliphatic heterocycles. The molecule has 0 unspecified atom stereocenters. The van der Waals surface area contributed by atoms with Crippen molar-refractivity contribution in [2.75, 3.05) is 11.9 Å². The van der Waals surface area contributed by atoms with Crippen LogP contribution in [-0.4, -0.2) is 26.7 Å². The van der Waals surface area contributed by atoms with Gasteiger partial charge in [0.25, 0.3) is 0 Å². The maximum absolute atomic E-state index is 4.41. The summed E-state index contributed by atoms with van der Waals surface area (Å²) < 4.78 is 0. The highest BCUT2D eigenvalue weighted by Gasteiger charge is 2.13. The molecule has 0 aliphatic carbocycles. The van der Waals surface area contributed by atoms with Gasteiger partial charge in [0.1, 0.15) is 18.0 Å². The van der Waals surface area contributed by atoms with E-state index in [1.165, 1.54) is 11.9 Å². The minimum atomic E-state index is 0.144. The zero-order valence-electron chi connectivity index (χ0n) is 11.1. The number of H-pyrrole nitrogens is 1. The van der Waals surface area contributed by atoms with Crippen molar-refractivity contribution in [3.63, 3.8) is 0 Å². The van der Waals surface area contributed by atoms with Gasteiger partial charge < -0.3 is 5.32 Å². The number of anilines is 1. The van der Waals surface area contributed by atoms with Crippen molar-refractivity contribution in [3.05, 3.63) is 36.0 Å². The normalized spacial score (nSPS) is 11.5. The smallest absolute Gasteiger partial charge is 0.137 e. The van der Waals surface area contributed by atoms with Crippen LogP contribution in [0.2, 0.25) is 0 Å². The van der Waals surface area contributed by atoms with Gasteiger partial charge in [-0.1, -0.05) is 26.8 Å². The first-order valence-corrected chi connectivity index (χ1v) is 6.10. The second-order valence-corrected chi connectivity index (χ2v) is 5.29. The second kappa shape index (κ2) is 5.16. The highest BCUT2D eigenvalue weighted by atomic mass is 15.2. The van der Waals surface area contributed by atoms with E-state index in [1.54, 1.807) is 0 Å².